The summed E-state index contributed by atoms with van der Waals surface area (Å²) in [6.07, 6.45) is 18.6. The molecule has 2 unspecified atom stereocenters. The SMILES string of the molecule is CCCCC(C)CCC(C)CCC.CCc1cnc(C)cn1.CSSSC. The second-order valence-electron chi connectivity index (χ2n) is 7.12. The molecule has 5 heteroatoms. The smallest absolute Gasteiger partial charge is 0.0584 e. The fourth-order valence-electron chi connectivity index (χ4n) is 2.57. The standard InChI is InChI=1S/C13H28.C7H10N2.C2H6S3/c1-5-7-9-13(4)11-10-12(3)8-6-2;1-3-7-5-8-6(2)4-9-7;1-3-5-4-2/h12-13H,5-11H2,1-4H3;4-5H,3H2,1-2H3;1-2H3. The molecule has 0 aromatic carbocycles. The zero-order valence-electron chi connectivity index (χ0n) is 19.1. The third kappa shape index (κ3) is 22.3. The van der Waals surface area contributed by atoms with E-state index in [9.17, 15) is 0 Å². The number of nitrogens with zero attached hydrogens (tertiary/aromatic N) is 2. The first-order chi connectivity index (χ1) is 12.9. The van der Waals surface area contributed by atoms with Crippen LogP contribution in [-0.4, -0.2) is 22.5 Å². The number of aromatic nitrogens is 2. The van der Waals surface area contributed by atoms with Crippen LogP contribution in [0.5, 0.6) is 0 Å². The Labute approximate surface area is 182 Å². The molecular weight excluding hydrogens is 388 g/mol. The van der Waals surface area contributed by atoms with Crippen LogP contribution in [0.25, 0.3) is 0 Å². The van der Waals surface area contributed by atoms with Crippen molar-refractivity contribution in [3.8, 4) is 0 Å². The van der Waals surface area contributed by atoms with Gasteiger partial charge in [0.05, 0.1) is 11.4 Å². The third-order valence-electron chi connectivity index (χ3n) is 4.32. The Kier molecular flexibility index (Phi) is 24.4. The van der Waals surface area contributed by atoms with Gasteiger partial charge >= 0.3 is 0 Å². The van der Waals surface area contributed by atoms with Gasteiger partial charge in [0.25, 0.3) is 0 Å². The van der Waals surface area contributed by atoms with E-state index in [1.165, 1.54) is 44.9 Å². The van der Waals surface area contributed by atoms with E-state index in [2.05, 4.69) is 57.1 Å². The monoisotopic (exact) mass is 432 g/mol. The lowest BCUT2D eigenvalue weighted by molar-refractivity contribution is 0.389. The zero-order valence-corrected chi connectivity index (χ0v) is 21.5. The Bertz CT molecular complexity index is 397. The van der Waals surface area contributed by atoms with Crippen molar-refractivity contribution in [2.45, 2.75) is 92.9 Å². The highest BCUT2D eigenvalue weighted by Gasteiger charge is 2.05. The second kappa shape index (κ2) is 22.4. The highest BCUT2D eigenvalue weighted by atomic mass is 33.5. The largest absolute Gasteiger partial charge is 0.258 e. The van der Waals surface area contributed by atoms with E-state index in [1.807, 2.05) is 13.1 Å². The Balaban J connectivity index is 0. The van der Waals surface area contributed by atoms with E-state index in [4.69, 9.17) is 0 Å². The molecule has 1 aromatic heterocycles. The molecule has 1 heterocycles. The molecule has 0 spiro atoms. The number of hydrogen-bond donors (Lipinski definition) is 0. The number of unbranched alkanes of at least 4 members (excludes halogenated alkanes) is 1. The van der Waals surface area contributed by atoms with E-state index in [0.29, 0.717) is 0 Å². The van der Waals surface area contributed by atoms with Crippen LogP contribution in [0.1, 0.15) is 91.0 Å². The number of hydrogen-bond acceptors (Lipinski definition) is 5. The maximum atomic E-state index is 4.13. The predicted octanol–water partition coefficient (Wildman–Crippen LogP) is 8.65. The molecule has 27 heavy (non-hydrogen) atoms. The van der Waals surface area contributed by atoms with E-state index in [-0.39, 0.29) is 0 Å². The van der Waals surface area contributed by atoms with Gasteiger partial charge in [-0.1, -0.05) is 101 Å². The summed E-state index contributed by atoms with van der Waals surface area (Å²) in [6.45, 7) is 13.4. The molecule has 0 amide bonds. The molecule has 0 N–H and O–H groups in total. The summed E-state index contributed by atoms with van der Waals surface area (Å²) < 4.78 is 0. The molecule has 1 aromatic rings. The fourth-order valence-corrected chi connectivity index (χ4v) is 4.34. The summed E-state index contributed by atoms with van der Waals surface area (Å²) in [7, 11) is 5.36. The van der Waals surface area contributed by atoms with Crippen LogP contribution in [0.3, 0.4) is 0 Å². The molecule has 0 saturated carbocycles. The summed E-state index contributed by atoms with van der Waals surface area (Å²) >= 11 is 0. The van der Waals surface area contributed by atoms with Crippen molar-refractivity contribution >= 4 is 31.4 Å². The van der Waals surface area contributed by atoms with Crippen LogP contribution >= 0.6 is 31.4 Å². The summed E-state index contributed by atoms with van der Waals surface area (Å²) in [5.74, 6) is 1.91. The molecule has 0 aliphatic rings. The predicted molar refractivity (Wildman–Crippen MR) is 133 cm³/mol. The van der Waals surface area contributed by atoms with Crippen molar-refractivity contribution in [1.82, 2.24) is 9.97 Å². The van der Waals surface area contributed by atoms with Crippen molar-refractivity contribution < 1.29 is 0 Å². The summed E-state index contributed by atoms with van der Waals surface area (Å²) in [6, 6.07) is 0. The molecule has 2 nitrogen and oxygen atoms in total. The Morgan fingerprint density at radius 3 is 1.78 bits per heavy atom. The van der Waals surface area contributed by atoms with Crippen LogP contribution in [0.4, 0.5) is 0 Å². The molecule has 160 valence electrons. The van der Waals surface area contributed by atoms with E-state index in [0.717, 1.165) is 29.6 Å². The quantitative estimate of drug-likeness (QED) is 0.326. The fraction of sp³-hybridized carbons (Fsp3) is 0.818. The highest BCUT2D eigenvalue weighted by molar-refractivity contribution is 9.09. The van der Waals surface area contributed by atoms with Crippen LogP contribution in [0.2, 0.25) is 0 Å². The van der Waals surface area contributed by atoms with E-state index < -0.39 is 0 Å². The van der Waals surface area contributed by atoms with Gasteiger partial charge < -0.3 is 0 Å². The van der Waals surface area contributed by atoms with Crippen LogP contribution in [-0.2, 0) is 6.42 Å². The van der Waals surface area contributed by atoms with Gasteiger partial charge in [0.2, 0.25) is 0 Å². The highest BCUT2D eigenvalue weighted by Crippen LogP contribution is 2.28. The molecule has 0 bridgehead atoms. The zero-order chi connectivity index (χ0) is 20.9. The normalized spacial score (nSPS) is 12.3. The maximum Gasteiger partial charge on any atom is 0.0584 e. The van der Waals surface area contributed by atoms with Gasteiger partial charge in [-0.3, -0.25) is 9.97 Å². The van der Waals surface area contributed by atoms with Crippen molar-refractivity contribution in [1.29, 1.82) is 0 Å². The van der Waals surface area contributed by atoms with Gasteiger partial charge in [-0.2, -0.15) is 0 Å². The number of rotatable bonds is 11. The van der Waals surface area contributed by atoms with Gasteiger partial charge in [-0.25, -0.2) is 0 Å². The van der Waals surface area contributed by atoms with Gasteiger partial charge in [-0.15, -0.1) is 0 Å². The minimum Gasteiger partial charge on any atom is -0.258 e. The Morgan fingerprint density at radius 2 is 1.41 bits per heavy atom. The molecule has 0 radical (unpaired) electrons. The first kappa shape index (κ1) is 29.3. The summed E-state index contributed by atoms with van der Waals surface area (Å²) in [4.78, 5) is 8.22. The van der Waals surface area contributed by atoms with Crippen LogP contribution in [0.15, 0.2) is 12.4 Å². The first-order valence-corrected chi connectivity index (χ1v) is 14.8. The molecule has 1 rings (SSSR count). The topological polar surface area (TPSA) is 25.8 Å². The van der Waals surface area contributed by atoms with Crippen LogP contribution < -0.4 is 0 Å². The van der Waals surface area contributed by atoms with Crippen molar-refractivity contribution in [3.05, 3.63) is 23.8 Å². The molecule has 0 saturated heterocycles. The van der Waals surface area contributed by atoms with Gasteiger partial charge in [0.1, 0.15) is 0 Å². The molecular formula is C22H44N2S3. The average Bonchev–Trinajstić information content (AvgIpc) is 2.67. The van der Waals surface area contributed by atoms with Gasteiger partial charge in [-0.05, 0) is 47.5 Å². The minimum absolute atomic E-state index is 0.953. The minimum atomic E-state index is 0.953. The third-order valence-corrected chi connectivity index (χ3v) is 7.86. The average molecular weight is 433 g/mol. The molecule has 0 aliphatic heterocycles. The molecule has 0 fully saturated rings. The van der Waals surface area contributed by atoms with Crippen molar-refractivity contribution in [3.63, 3.8) is 0 Å². The maximum absolute atomic E-state index is 4.13. The second-order valence-corrected chi connectivity index (χ2v) is 11.6. The molecule has 0 aliphatic carbocycles. The summed E-state index contributed by atoms with van der Waals surface area (Å²) in [5, 5.41) is 0. The van der Waals surface area contributed by atoms with Crippen molar-refractivity contribution in [2.75, 3.05) is 12.5 Å². The lowest BCUT2D eigenvalue weighted by Gasteiger charge is -2.14. The Morgan fingerprint density at radius 1 is 0.815 bits per heavy atom. The lowest BCUT2D eigenvalue weighted by Crippen LogP contribution is -2.00. The van der Waals surface area contributed by atoms with Gasteiger partial charge in [0, 0.05) is 12.4 Å². The van der Waals surface area contributed by atoms with E-state index in [1.54, 1.807) is 37.6 Å². The van der Waals surface area contributed by atoms with Crippen molar-refractivity contribution in [2.24, 2.45) is 11.8 Å². The first-order valence-electron chi connectivity index (χ1n) is 10.5. The van der Waals surface area contributed by atoms with Crippen LogP contribution in [0, 0.1) is 18.8 Å². The lowest BCUT2D eigenvalue weighted by atomic mass is 9.92. The van der Waals surface area contributed by atoms with Gasteiger partial charge in [0.15, 0.2) is 0 Å². The number of aryl methyl sites for hydroxylation is 2. The summed E-state index contributed by atoms with van der Waals surface area (Å²) in [5.41, 5.74) is 2.04. The van der Waals surface area contributed by atoms with E-state index >= 15 is 0 Å². The Hall–Kier alpha value is 0.130. The molecule has 2 atom stereocenters.